The Labute approximate surface area is 109 Å². The second kappa shape index (κ2) is 6.72. The van der Waals surface area contributed by atoms with Gasteiger partial charge >= 0.3 is 0 Å². The fraction of sp³-hybridized carbons (Fsp3) is 0.846. The van der Waals surface area contributed by atoms with Crippen LogP contribution < -0.4 is 11.5 Å². The SMILES string of the molecule is CCC(N)(C#N)CCCN1CCC(C(N)=O)CC1. The Hall–Kier alpha value is -1.12. The highest BCUT2D eigenvalue weighted by atomic mass is 16.1. The molecule has 1 atom stereocenters. The van der Waals surface area contributed by atoms with Crippen molar-refractivity contribution in [3.8, 4) is 6.07 Å². The second-order valence-electron chi connectivity index (χ2n) is 5.24. The van der Waals surface area contributed by atoms with Crippen molar-refractivity contribution in [3.63, 3.8) is 0 Å². The molecule has 4 N–H and O–H groups in total. The van der Waals surface area contributed by atoms with Gasteiger partial charge in [0.1, 0.15) is 5.54 Å². The summed E-state index contributed by atoms with van der Waals surface area (Å²) in [5.74, 6) is -0.129. The molecule has 5 nitrogen and oxygen atoms in total. The van der Waals surface area contributed by atoms with Crippen LogP contribution in [0.2, 0.25) is 0 Å². The van der Waals surface area contributed by atoms with E-state index in [-0.39, 0.29) is 11.8 Å². The van der Waals surface area contributed by atoms with Crippen LogP contribution in [-0.4, -0.2) is 36.0 Å². The van der Waals surface area contributed by atoms with Gasteiger partial charge < -0.3 is 16.4 Å². The van der Waals surface area contributed by atoms with E-state index < -0.39 is 5.54 Å². The van der Waals surface area contributed by atoms with Crippen molar-refractivity contribution in [2.45, 2.75) is 44.6 Å². The fourth-order valence-corrected chi connectivity index (χ4v) is 2.37. The number of nitriles is 1. The molecule has 1 heterocycles. The van der Waals surface area contributed by atoms with Gasteiger partial charge in [-0.1, -0.05) is 6.92 Å². The maximum Gasteiger partial charge on any atom is 0.220 e. The third kappa shape index (κ3) is 4.28. The molecule has 0 saturated carbocycles. The molecule has 1 rings (SSSR count). The van der Waals surface area contributed by atoms with Crippen molar-refractivity contribution < 1.29 is 4.79 Å². The van der Waals surface area contributed by atoms with Crippen LogP contribution in [0.1, 0.15) is 39.0 Å². The lowest BCUT2D eigenvalue weighted by Gasteiger charge is -2.31. The van der Waals surface area contributed by atoms with Crippen LogP contribution >= 0.6 is 0 Å². The Morgan fingerprint density at radius 1 is 1.50 bits per heavy atom. The first-order valence-corrected chi connectivity index (χ1v) is 6.72. The van der Waals surface area contributed by atoms with E-state index in [0.717, 1.165) is 45.3 Å². The van der Waals surface area contributed by atoms with Gasteiger partial charge in [-0.2, -0.15) is 5.26 Å². The molecule has 0 bridgehead atoms. The zero-order valence-electron chi connectivity index (χ0n) is 11.2. The molecule has 0 aliphatic carbocycles. The van der Waals surface area contributed by atoms with Gasteiger partial charge in [0.15, 0.2) is 0 Å². The maximum atomic E-state index is 11.0. The molecule has 1 unspecified atom stereocenters. The number of likely N-dealkylation sites (tertiary alicyclic amines) is 1. The number of hydrogen-bond donors (Lipinski definition) is 2. The van der Waals surface area contributed by atoms with Gasteiger partial charge in [0.05, 0.1) is 6.07 Å². The van der Waals surface area contributed by atoms with Crippen LogP contribution in [0.5, 0.6) is 0 Å². The highest BCUT2D eigenvalue weighted by Crippen LogP contribution is 2.18. The Kier molecular flexibility index (Phi) is 5.57. The first kappa shape index (κ1) is 14.9. The van der Waals surface area contributed by atoms with Crippen molar-refractivity contribution in [3.05, 3.63) is 0 Å². The number of piperidine rings is 1. The monoisotopic (exact) mass is 252 g/mol. The van der Waals surface area contributed by atoms with E-state index in [4.69, 9.17) is 16.7 Å². The summed E-state index contributed by atoms with van der Waals surface area (Å²) in [5.41, 5.74) is 10.6. The summed E-state index contributed by atoms with van der Waals surface area (Å²) in [6, 6.07) is 2.19. The summed E-state index contributed by atoms with van der Waals surface area (Å²) in [6.45, 7) is 4.74. The molecular formula is C13H24N4O. The number of carbonyl (C=O) groups excluding carboxylic acids is 1. The molecule has 0 aromatic rings. The van der Waals surface area contributed by atoms with E-state index in [2.05, 4.69) is 11.0 Å². The quantitative estimate of drug-likeness (QED) is 0.723. The first-order chi connectivity index (χ1) is 8.50. The number of nitrogens with two attached hydrogens (primary N) is 2. The molecule has 5 heteroatoms. The molecule has 18 heavy (non-hydrogen) atoms. The van der Waals surface area contributed by atoms with E-state index >= 15 is 0 Å². The van der Waals surface area contributed by atoms with Crippen molar-refractivity contribution in [1.82, 2.24) is 4.90 Å². The lowest BCUT2D eigenvalue weighted by molar-refractivity contribution is -0.123. The minimum Gasteiger partial charge on any atom is -0.369 e. The normalized spacial score (nSPS) is 21.2. The Morgan fingerprint density at radius 3 is 2.56 bits per heavy atom. The van der Waals surface area contributed by atoms with Gasteiger partial charge in [-0.25, -0.2) is 0 Å². The predicted molar refractivity (Wildman–Crippen MR) is 70.4 cm³/mol. The molecule has 1 amide bonds. The van der Waals surface area contributed by atoms with Crippen molar-refractivity contribution in [2.75, 3.05) is 19.6 Å². The Bertz CT molecular complexity index is 317. The van der Waals surface area contributed by atoms with E-state index in [0.29, 0.717) is 6.42 Å². The smallest absolute Gasteiger partial charge is 0.220 e. The summed E-state index contributed by atoms with van der Waals surface area (Å²) < 4.78 is 0. The number of carbonyl (C=O) groups is 1. The summed E-state index contributed by atoms with van der Waals surface area (Å²) in [5, 5.41) is 8.98. The summed E-state index contributed by atoms with van der Waals surface area (Å²) in [7, 11) is 0. The molecule has 1 saturated heterocycles. The number of amides is 1. The Balaban J connectivity index is 2.23. The zero-order chi connectivity index (χ0) is 13.6. The van der Waals surface area contributed by atoms with E-state index in [1.54, 1.807) is 0 Å². The topological polar surface area (TPSA) is 96.1 Å². The molecule has 1 aliphatic rings. The van der Waals surface area contributed by atoms with Gasteiger partial charge in [-0.3, -0.25) is 4.79 Å². The first-order valence-electron chi connectivity index (χ1n) is 6.72. The lowest BCUT2D eigenvalue weighted by atomic mass is 9.92. The highest BCUT2D eigenvalue weighted by molar-refractivity contribution is 5.76. The largest absolute Gasteiger partial charge is 0.369 e. The molecule has 102 valence electrons. The highest BCUT2D eigenvalue weighted by Gasteiger charge is 2.24. The van der Waals surface area contributed by atoms with E-state index in [9.17, 15) is 4.79 Å². The molecule has 0 radical (unpaired) electrons. The molecular weight excluding hydrogens is 228 g/mol. The Morgan fingerprint density at radius 2 is 2.11 bits per heavy atom. The fourth-order valence-electron chi connectivity index (χ4n) is 2.37. The molecule has 1 aliphatic heterocycles. The van der Waals surface area contributed by atoms with Crippen LogP contribution in [0.4, 0.5) is 0 Å². The van der Waals surface area contributed by atoms with Crippen molar-refractivity contribution in [2.24, 2.45) is 17.4 Å². The van der Waals surface area contributed by atoms with Crippen LogP contribution in [0.15, 0.2) is 0 Å². The summed E-state index contributed by atoms with van der Waals surface area (Å²) >= 11 is 0. The molecule has 0 spiro atoms. The van der Waals surface area contributed by atoms with Crippen molar-refractivity contribution in [1.29, 1.82) is 5.26 Å². The van der Waals surface area contributed by atoms with Gasteiger partial charge in [0.2, 0.25) is 5.91 Å². The van der Waals surface area contributed by atoms with Crippen molar-refractivity contribution >= 4 is 5.91 Å². The van der Waals surface area contributed by atoms with Crippen LogP contribution in [0.3, 0.4) is 0 Å². The number of nitrogens with zero attached hydrogens (tertiary/aromatic N) is 2. The lowest BCUT2D eigenvalue weighted by Crippen LogP contribution is -2.41. The average molecular weight is 252 g/mol. The second-order valence-corrected chi connectivity index (χ2v) is 5.24. The number of rotatable bonds is 6. The van der Waals surface area contributed by atoms with Crippen LogP contribution in [0, 0.1) is 17.2 Å². The van der Waals surface area contributed by atoms with Gasteiger partial charge in [0, 0.05) is 5.92 Å². The molecule has 0 aromatic carbocycles. The summed E-state index contributed by atoms with van der Waals surface area (Å²) in [4.78, 5) is 13.4. The zero-order valence-corrected chi connectivity index (χ0v) is 11.2. The standard InChI is InChI=1S/C13H24N4O/c1-2-13(16,10-14)6-3-7-17-8-4-11(5-9-17)12(15)18/h11H,2-9,16H2,1H3,(H2,15,18). The van der Waals surface area contributed by atoms with Gasteiger partial charge in [-0.05, 0) is 51.7 Å². The van der Waals surface area contributed by atoms with Crippen LogP contribution in [-0.2, 0) is 4.79 Å². The molecule has 1 fully saturated rings. The third-order valence-corrected chi connectivity index (χ3v) is 3.94. The predicted octanol–water partition coefficient (Wildman–Crippen LogP) is 0.595. The van der Waals surface area contributed by atoms with Gasteiger partial charge in [-0.15, -0.1) is 0 Å². The third-order valence-electron chi connectivity index (χ3n) is 3.94. The van der Waals surface area contributed by atoms with E-state index in [1.165, 1.54) is 0 Å². The van der Waals surface area contributed by atoms with Gasteiger partial charge in [0.25, 0.3) is 0 Å². The van der Waals surface area contributed by atoms with E-state index in [1.807, 2.05) is 6.92 Å². The van der Waals surface area contributed by atoms with Crippen LogP contribution in [0.25, 0.3) is 0 Å². The molecule has 0 aromatic heterocycles. The number of hydrogen-bond acceptors (Lipinski definition) is 4. The summed E-state index contributed by atoms with van der Waals surface area (Å²) in [6.07, 6.45) is 4.06. The number of primary amides is 1. The minimum absolute atomic E-state index is 0.0459. The minimum atomic E-state index is -0.675. The maximum absolute atomic E-state index is 11.0. The average Bonchev–Trinajstić information content (AvgIpc) is 2.39.